The molecule has 2 N–H and O–H groups in total. The molecule has 38 heavy (non-hydrogen) atoms. The zero-order chi connectivity index (χ0) is 26.7. The van der Waals surface area contributed by atoms with Crippen molar-refractivity contribution in [2.24, 2.45) is 0 Å². The summed E-state index contributed by atoms with van der Waals surface area (Å²) in [5.41, 5.74) is 0.902. The summed E-state index contributed by atoms with van der Waals surface area (Å²) >= 11 is 0. The standard InChI is InChI=1S/C25H26N6O6S/c1-2-4-18-15-23(32)28-25(26-18)31-22(16-20(29-31)21-5-3-12-37-21)27-24(33)17-6-8-19(9-7-17)38(34,35)30-10-13-36-14-11-30/h3,5-9,12,15-16H,2,4,10-11,13-14H2,1H3,(H,27,33)(H,26,28,32). The summed E-state index contributed by atoms with van der Waals surface area (Å²) < 4.78 is 39.1. The first-order chi connectivity index (χ1) is 18.3. The van der Waals surface area contributed by atoms with E-state index in [4.69, 9.17) is 9.15 Å². The molecule has 0 saturated carbocycles. The van der Waals surface area contributed by atoms with Gasteiger partial charge in [0, 0.05) is 36.5 Å². The maximum Gasteiger partial charge on any atom is 0.256 e. The fourth-order valence-corrected chi connectivity index (χ4v) is 5.47. The van der Waals surface area contributed by atoms with Crippen molar-refractivity contribution >= 4 is 21.7 Å². The molecule has 1 aromatic carbocycles. The van der Waals surface area contributed by atoms with Gasteiger partial charge < -0.3 is 14.5 Å². The largest absolute Gasteiger partial charge is 0.463 e. The van der Waals surface area contributed by atoms with E-state index in [2.05, 4.69) is 20.4 Å². The second-order valence-electron chi connectivity index (χ2n) is 8.61. The molecule has 198 valence electrons. The highest BCUT2D eigenvalue weighted by Gasteiger charge is 2.26. The van der Waals surface area contributed by atoms with Crippen LogP contribution in [0.15, 0.2) is 68.9 Å². The molecule has 4 heterocycles. The van der Waals surface area contributed by atoms with Gasteiger partial charge in [-0.15, -0.1) is 0 Å². The van der Waals surface area contributed by atoms with Crippen molar-refractivity contribution in [1.82, 2.24) is 24.1 Å². The lowest BCUT2D eigenvalue weighted by Gasteiger charge is -2.26. The average molecular weight is 539 g/mol. The van der Waals surface area contributed by atoms with E-state index in [9.17, 15) is 18.0 Å². The number of nitrogens with one attached hydrogen (secondary N) is 2. The number of hydrogen-bond donors (Lipinski definition) is 2. The topological polar surface area (TPSA) is 152 Å². The van der Waals surface area contributed by atoms with E-state index in [1.165, 1.54) is 45.6 Å². The minimum absolute atomic E-state index is 0.0932. The van der Waals surface area contributed by atoms with Gasteiger partial charge in [0.05, 0.1) is 24.4 Å². The Bertz CT molecular complexity index is 1590. The number of H-pyrrole nitrogens is 1. The molecule has 3 aromatic heterocycles. The first-order valence-electron chi connectivity index (χ1n) is 12.1. The van der Waals surface area contributed by atoms with Crippen LogP contribution in [0.3, 0.4) is 0 Å². The van der Waals surface area contributed by atoms with Crippen molar-refractivity contribution in [2.45, 2.75) is 24.7 Å². The Morgan fingerprint density at radius 2 is 1.89 bits per heavy atom. The predicted molar refractivity (Wildman–Crippen MR) is 138 cm³/mol. The van der Waals surface area contributed by atoms with Gasteiger partial charge in [0.1, 0.15) is 11.5 Å². The molecule has 1 aliphatic rings. The van der Waals surface area contributed by atoms with E-state index >= 15 is 0 Å². The molecule has 1 saturated heterocycles. The Morgan fingerprint density at radius 3 is 2.58 bits per heavy atom. The summed E-state index contributed by atoms with van der Waals surface area (Å²) in [7, 11) is -3.69. The van der Waals surface area contributed by atoms with Crippen LogP contribution in [0.25, 0.3) is 17.4 Å². The number of amides is 1. The van der Waals surface area contributed by atoms with Crippen LogP contribution in [0.2, 0.25) is 0 Å². The van der Waals surface area contributed by atoms with E-state index in [1.54, 1.807) is 18.2 Å². The van der Waals surface area contributed by atoms with Crippen LogP contribution in [0.5, 0.6) is 0 Å². The Kier molecular flexibility index (Phi) is 7.22. The number of hydrogen-bond acceptors (Lipinski definition) is 8. The number of ether oxygens (including phenoxy) is 1. The summed E-state index contributed by atoms with van der Waals surface area (Å²) in [6, 6.07) is 12.1. The molecule has 12 nitrogen and oxygen atoms in total. The Balaban J connectivity index is 1.44. The van der Waals surface area contributed by atoms with E-state index in [1.807, 2.05) is 6.92 Å². The van der Waals surface area contributed by atoms with Crippen LogP contribution >= 0.6 is 0 Å². The third-order valence-corrected chi connectivity index (χ3v) is 7.85. The number of rotatable bonds is 8. The Morgan fingerprint density at radius 1 is 1.13 bits per heavy atom. The molecule has 1 fully saturated rings. The van der Waals surface area contributed by atoms with Crippen LogP contribution in [0.4, 0.5) is 5.82 Å². The summed E-state index contributed by atoms with van der Waals surface area (Å²) in [6.45, 7) is 3.22. The molecule has 1 amide bonds. The molecule has 13 heteroatoms. The Hall–Kier alpha value is -4.07. The number of furan rings is 1. The van der Waals surface area contributed by atoms with E-state index in [0.29, 0.717) is 36.8 Å². The third kappa shape index (κ3) is 5.30. The van der Waals surface area contributed by atoms with Crippen molar-refractivity contribution in [3.8, 4) is 17.4 Å². The molecule has 0 unspecified atom stereocenters. The first kappa shape index (κ1) is 25.6. The quantitative estimate of drug-likeness (QED) is 0.347. The number of anilines is 1. The second-order valence-corrected chi connectivity index (χ2v) is 10.5. The first-order valence-corrected chi connectivity index (χ1v) is 13.5. The molecule has 0 radical (unpaired) electrons. The lowest BCUT2D eigenvalue weighted by Crippen LogP contribution is -2.40. The van der Waals surface area contributed by atoms with Crippen LogP contribution in [-0.2, 0) is 21.2 Å². The van der Waals surface area contributed by atoms with Crippen LogP contribution in [0, 0.1) is 0 Å². The van der Waals surface area contributed by atoms with Gasteiger partial charge in [0.2, 0.25) is 16.0 Å². The molecule has 4 aromatic rings. The SMILES string of the molecule is CCCc1cc(=O)[nH]c(-n2nc(-c3ccco3)cc2NC(=O)c2ccc(S(=O)(=O)N3CCOCC3)cc2)n1. The summed E-state index contributed by atoms with van der Waals surface area (Å²) in [4.78, 5) is 32.7. The molecule has 0 spiro atoms. The van der Waals surface area contributed by atoms with Gasteiger partial charge in [0.15, 0.2) is 5.76 Å². The molecule has 0 aliphatic carbocycles. The zero-order valence-corrected chi connectivity index (χ0v) is 21.4. The highest BCUT2D eigenvalue weighted by molar-refractivity contribution is 7.89. The Labute approximate surface area is 218 Å². The van der Waals surface area contributed by atoms with E-state index in [-0.39, 0.29) is 40.9 Å². The van der Waals surface area contributed by atoms with Gasteiger partial charge in [0.25, 0.3) is 11.5 Å². The van der Waals surface area contributed by atoms with Crippen molar-refractivity contribution < 1.29 is 22.4 Å². The van der Waals surface area contributed by atoms with Crippen molar-refractivity contribution in [3.05, 3.63) is 76.4 Å². The molecule has 1 aliphatic heterocycles. The minimum Gasteiger partial charge on any atom is -0.463 e. The van der Waals surface area contributed by atoms with Gasteiger partial charge in [-0.3, -0.25) is 14.6 Å². The predicted octanol–water partition coefficient (Wildman–Crippen LogP) is 2.44. The van der Waals surface area contributed by atoms with Crippen molar-refractivity contribution in [3.63, 3.8) is 0 Å². The number of aryl methyl sites for hydroxylation is 1. The van der Waals surface area contributed by atoms with Gasteiger partial charge in [-0.2, -0.15) is 14.1 Å². The number of aromatic amines is 1. The highest BCUT2D eigenvalue weighted by atomic mass is 32.2. The minimum atomic E-state index is -3.69. The monoisotopic (exact) mass is 538 g/mol. The molecule has 0 bridgehead atoms. The normalized spacial score (nSPS) is 14.4. The number of carbonyl (C=O) groups is 1. The number of carbonyl (C=O) groups excluding carboxylic acids is 1. The third-order valence-electron chi connectivity index (χ3n) is 5.94. The number of sulfonamides is 1. The van der Waals surface area contributed by atoms with Crippen LogP contribution < -0.4 is 10.9 Å². The van der Waals surface area contributed by atoms with Crippen molar-refractivity contribution in [2.75, 3.05) is 31.6 Å². The smallest absolute Gasteiger partial charge is 0.256 e. The molecule has 5 rings (SSSR count). The lowest BCUT2D eigenvalue weighted by molar-refractivity contribution is 0.0730. The maximum atomic E-state index is 13.1. The summed E-state index contributed by atoms with van der Waals surface area (Å²) in [5.74, 6) is 0.340. The second kappa shape index (κ2) is 10.7. The average Bonchev–Trinajstić information content (AvgIpc) is 3.60. The molecule has 0 atom stereocenters. The zero-order valence-electron chi connectivity index (χ0n) is 20.6. The maximum absolute atomic E-state index is 13.1. The summed E-state index contributed by atoms with van der Waals surface area (Å²) in [5, 5.41) is 7.27. The number of nitrogens with zero attached hydrogens (tertiary/aromatic N) is 4. The van der Waals surface area contributed by atoms with Crippen LogP contribution in [-0.4, -0.2) is 64.7 Å². The molecular weight excluding hydrogens is 512 g/mol. The fourth-order valence-electron chi connectivity index (χ4n) is 4.06. The fraction of sp³-hybridized carbons (Fsp3) is 0.280. The number of benzene rings is 1. The van der Waals surface area contributed by atoms with Gasteiger partial charge in [-0.1, -0.05) is 13.3 Å². The van der Waals surface area contributed by atoms with Gasteiger partial charge in [-0.05, 0) is 42.8 Å². The van der Waals surface area contributed by atoms with Crippen molar-refractivity contribution in [1.29, 1.82) is 0 Å². The van der Waals surface area contributed by atoms with Gasteiger partial charge in [-0.25, -0.2) is 13.4 Å². The lowest BCUT2D eigenvalue weighted by atomic mass is 10.2. The number of aromatic nitrogens is 4. The van der Waals surface area contributed by atoms with Crippen LogP contribution in [0.1, 0.15) is 29.4 Å². The van der Waals surface area contributed by atoms with E-state index in [0.717, 1.165) is 6.42 Å². The van der Waals surface area contributed by atoms with Gasteiger partial charge >= 0.3 is 0 Å². The highest BCUT2D eigenvalue weighted by Crippen LogP contribution is 2.25. The van der Waals surface area contributed by atoms with E-state index < -0.39 is 15.9 Å². The number of morpholine rings is 1. The summed E-state index contributed by atoms with van der Waals surface area (Å²) in [6.07, 6.45) is 2.90. The molecular formula is C25H26N6O6S.